The van der Waals surface area contributed by atoms with E-state index in [1.54, 1.807) is 25.1 Å². The van der Waals surface area contributed by atoms with Crippen molar-refractivity contribution in [3.05, 3.63) is 46.6 Å². The van der Waals surface area contributed by atoms with Crippen molar-refractivity contribution in [3.63, 3.8) is 0 Å². The van der Waals surface area contributed by atoms with Crippen LogP contribution in [-0.4, -0.2) is 29.4 Å². The van der Waals surface area contributed by atoms with E-state index in [0.717, 1.165) is 17.7 Å². The number of hydrogen-bond acceptors (Lipinski definition) is 6. The molecule has 2 heterocycles. The summed E-state index contributed by atoms with van der Waals surface area (Å²) in [5, 5.41) is 11.9. The van der Waals surface area contributed by atoms with Crippen LogP contribution in [0.25, 0.3) is 0 Å². The Bertz CT molecular complexity index is 706. The number of esters is 1. The summed E-state index contributed by atoms with van der Waals surface area (Å²) in [6, 6.07) is 8.87. The highest BCUT2D eigenvalue weighted by atomic mass is 35.5. The smallest absolute Gasteiger partial charge is 0.358 e. The molecule has 23 heavy (non-hydrogen) atoms. The summed E-state index contributed by atoms with van der Waals surface area (Å²) in [6.45, 7) is 2.66. The second kappa shape index (κ2) is 6.83. The molecule has 0 saturated heterocycles. The van der Waals surface area contributed by atoms with Crippen LogP contribution in [0, 0.1) is 0 Å². The van der Waals surface area contributed by atoms with Crippen LogP contribution in [0.2, 0.25) is 5.02 Å². The first-order chi connectivity index (χ1) is 11.2. The normalized spacial score (nSPS) is 16.2. The Kier molecular flexibility index (Phi) is 4.62. The number of carbonyl (C=O) groups is 1. The first kappa shape index (κ1) is 15.6. The number of ether oxygens (including phenoxy) is 2. The SMILES string of the molecule is CCOC(=O)c1ccc(NC2CCOc3ccc(Cl)cc32)nn1. The molecule has 0 spiro atoms. The van der Waals surface area contributed by atoms with Gasteiger partial charge in [0.15, 0.2) is 5.69 Å². The summed E-state index contributed by atoms with van der Waals surface area (Å²) in [4.78, 5) is 11.6. The van der Waals surface area contributed by atoms with Crippen LogP contribution in [0.1, 0.15) is 35.4 Å². The molecule has 1 aliphatic rings. The quantitative estimate of drug-likeness (QED) is 0.866. The van der Waals surface area contributed by atoms with Crippen molar-refractivity contribution in [2.24, 2.45) is 0 Å². The van der Waals surface area contributed by atoms with Crippen LogP contribution in [0.15, 0.2) is 30.3 Å². The number of benzene rings is 1. The third-order valence-electron chi connectivity index (χ3n) is 3.48. The number of nitrogens with one attached hydrogen (secondary N) is 1. The zero-order valence-electron chi connectivity index (χ0n) is 12.6. The Morgan fingerprint density at radius 2 is 2.26 bits per heavy atom. The van der Waals surface area contributed by atoms with Gasteiger partial charge in [0.1, 0.15) is 11.6 Å². The van der Waals surface area contributed by atoms with Gasteiger partial charge in [-0.2, -0.15) is 0 Å². The Morgan fingerprint density at radius 3 is 3.00 bits per heavy atom. The maximum Gasteiger partial charge on any atom is 0.358 e. The molecule has 1 aliphatic heterocycles. The van der Waals surface area contributed by atoms with Crippen LogP contribution in [0.4, 0.5) is 5.82 Å². The van der Waals surface area contributed by atoms with E-state index in [1.807, 2.05) is 12.1 Å². The number of carbonyl (C=O) groups excluding carboxylic acids is 1. The lowest BCUT2D eigenvalue weighted by Crippen LogP contribution is -2.21. The van der Waals surface area contributed by atoms with Gasteiger partial charge in [0.2, 0.25) is 0 Å². The topological polar surface area (TPSA) is 73.3 Å². The minimum atomic E-state index is -0.477. The Labute approximate surface area is 138 Å². The number of nitrogens with zero attached hydrogens (tertiary/aromatic N) is 2. The van der Waals surface area contributed by atoms with E-state index in [4.69, 9.17) is 21.1 Å². The molecule has 7 heteroatoms. The molecule has 1 unspecified atom stereocenters. The van der Waals surface area contributed by atoms with E-state index in [0.29, 0.717) is 24.1 Å². The van der Waals surface area contributed by atoms with E-state index in [1.165, 1.54) is 0 Å². The third-order valence-corrected chi connectivity index (χ3v) is 3.72. The van der Waals surface area contributed by atoms with E-state index in [9.17, 15) is 4.79 Å². The highest BCUT2D eigenvalue weighted by Gasteiger charge is 2.22. The molecule has 1 N–H and O–H groups in total. The molecule has 1 atom stereocenters. The average molecular weight is 334 g/mol. The van der Waals surface area contributed by atoms with Crippen molar-refractivity contribution >= 4 is 23.4 Å². The minimum absolute atomic E-state index is 0.0280. The summed E-state index contributed by atoms with van der Waals surface area (Å²) < 4.78 is 10.5. The van der Waals surface area contributed by atoms with Gasteiger partial charge in [-0.15, -0.1) is 10.2 Å². The summed E-state index contributed by atoms with van der Waals surface area (Å²) in [5.74, 6) is 0.917. The van der Waals surface area contributed by atoms with Gasteiger partial charge < -0.3 is 14.8 Å². The first-order valence-corrected chi connectivity index (χ1v) is 7.75. The predicted molar refractivity (Wildman–Crippen MR) is 85.9 cm³/mol. The first-order valence-electron chi connectivity index (χ1n) is 7.37. The highest BCUT2D eigenvalue weighted by Crippen LogP contribution is 2.35. The fraction of sp³-hybridized carbons (Fsp3) is 0.312. The van der Waals surface area contributed by atoms with Crippen molar-refractivity contribution in [2.45, 2.75) is 19.4 Å². The van der Waals surface area contributed by atoms with Crippen molar-refractivity contribution in [3.8, 4) is 5.75 Å². The lowest BCUT2D eigenvalue weighted by molar-refractivity contribution is 0.0518. The minimum Gasteiger partial charge on any atom is -0.493 e. The fourth-order valence-electron chi connectivity index (χ4n) is 2.42. The molecule has 2 aromatic rings. The molecule has 120 valence electrons. The van der Waals surface area contributed by atoms with Gasteiger partial charge in [-0.3, -0.25) is 0 Å². The van der Waals surface area contributed by atoms with Crippen molar-refractivity contribution in [1.82, 2.24) is 10.2 Å². The second-order valence-electron chi connectivity index (χ2n) is 5.04. The van der Waals surface area contributed by atoms with Gasteiger partial charge in [0, 0.05) is 17.0 Å². The van der Waals surface area contributed by atoms with Gasteiger partial charge in [0.05, 0.1) is 19.3 Å². The summed E-state index contributed by atoms with van der Waals surface area (Å²) in [6.07, 6.45) is 0.786. The van der Waals surface area contributed by atoms with Crippen molar-refractivity contribution in [2.75, 3.05) is 18.5 Å². The summed E-state index contributed by atoms with van der Waals surface area (Å²) in [7, 11) is 0. The molecular formula is C16H16ClN3O3. The molecule has 6 nitrogen and oxygen atoms in total. The lowest BCUT2D eigenvalue weighted by Gasteiger charge is -2.27. The molecule has 3 rings (SSSR count). The lowest BCUT2D eigenvalue weighted by atomic mass is 10.0. The summed E-state index contributed by atoms with van der Waals surface area (Å²) >= 11 is 6.07. The van der Waals surface area contributed by atoms with Crippen LogP contribution in [0.3, 0.4) is 0 Å². The highest BCUT2D eigenvalue weighted by molar-refractivity contribution is 6.30. The van der Waals surface area contributed by atoms with E-state index in [2.05, 4.69) is 15.5 Å². The van der Waals surface area contributed by atoms with E-state index >= 15 is 0 Å². The van der Waals surface area contributed by atoms with Gasteiger partial charge in [0.25, 0.3) is 0 Å². The second-order valence-corrected chi connectivity index (χ2v) is 5.48. The molecule has 0 bridgehead atoms. The number of halogens is 1. The van der Waals surface area contributed by atoms with Gasteiger partial charge in [-0.05, 0) is 37.3 Å². The maximum atomic E-state index is 11.6. The Hall–Kier alpha value is -2.34. The van der Waals surface area contributed by atoms with E-state index in [-0.39, 0.29) is 11.7 Å². The molecule has 1 aromatic heterocycles. The molecule has 0 fully saturated rings. The van der Waals surface area contributed by atoms with Gasteiger partial charge >= 0.3 is 5.97 Å². The van der Waals surface area contributed by atoms with Crippen LogP contribution < -0.4 is 10.1 Å². The monoisotopic (exact) mass is 333 g/mol. The van der Waals surface area contributed by atoms with Gasteiger partial charge in [-0.1, -0.05) is 11.6 Å². The van der Waals surface area contributed by atoms with Crippen molar-refractivity contribution < 1.29 is 14.3 Å². The van der Waals surface area contributed by atoms with E-state index < -0.39 is 5.97 Å². The Balaban J connectivity index is 1.76. The number of hydrogen-bond donors (Lipinski definition) is 1. The zero-order valence-corrected chi connectivity index (χ0v) is 13.3. The molecule has 0 saturated carbocycles. The Morgan fingerprint density at radius 1 is 1.39 bits per heavy atom. The number of fused-ring (bicyclic) bond motifs is 1. The number of rotatable bonds is 4. The van der Waals surface area contributed by atoms with Crippen LogP contribution in [-0.2, 0) is 4.74 Å². The maximum absolute atomic E-state index is 11.6. The van der Waals surface area contributed by atoms with Crippen molar-refractivity contribution in [1.29, 1.82) is 0 Å². The molecular weight excluding hydrogens is 318 g/mol. The number of aromatic nitrogens is 2. The van der Waals surface area contributed by atoms with Gasteiger partial charge in [-0.25, -0.2) is 4.79 Å². The average Bonchev–Trinajstić information content (AvgIpc) is 2.56. The molecule has 0 radical (unpaired) electrons. The summed E-state index contributed by atoms with van der Waals surface area (Å²) in [5.41, 5.74) is 1.17. The van der Waals surface area contributed by atoms with Crippen LogP contribution >= 0.6 is 11.6 Å². The number of anilines is 1. The van der Waals surface area contributed by atoms with Crippen LogP contribution in [0.5, 0.6) is 5.75 Å². The third kappa shape index (κ3) is 3.53. The largest absolute Gasteiger partial charge is 0.493 e. The fourth-order valence-corrected chi connectivity index (χ4v) is 2.60. The molecule has 0 amide bonds. The molecule has 1 aromatic carbocycles. The zero-order chi connectivity index (χ0) is 16.2. The standard InChI is InChI=1S/C16H16ClN3O3/c1-2-22-16(21)13-4-6-15(20-19-13)18-12-7-8-23-14-5-3-10(17)9-11(12)14/h3-6,9,12H,2,7-8H2,1H3,(H,18,20). The predicted octanol–water partition coefficient (Wildman–Crippen LogP) is 3.24. The molecule has 0 aliphatic carbocycles.